The van der Waals surface area contributed by atoms with Gasteiger partial charge in [0.05, 0.1) is 0 Å². The Bertz CT molecular complexity index is 226. The molecule has 2 N–H and O–H groups in total. The van der Waals surface area contributed by atoms with Crippen LogP contribution in [-0.2, 0) is 4.79 Å². The van der Waals surface area contributed by atoms with Crippen LogP contribution in [0, 0.1) is 0 Å². The zero-order valence-corrected chi connectivity index (χ0v) is 9.02. The molecule has 0 amide bonds. The molecule has 1 atom stereocenters. The number of hydrogen-bond acceptors (Lipinski definition) is 3. The zero-order chi connectivity index (χ0) is 11.5. The van der Waals surface area contributed by atoms with Crippen molar-refractivity contribution in [2.45, 2.75) is 38.6 Å². The van der Waals surface area contributed by atoms with Crippen molar-refractivity contribution in [2.24, 2.45) is 5.11 Å². The van der Waals surface area contributed by atoms with E-state index >= 15 is 0 Å². The van der Waals surface area contributed by atoms with Crippen LogP contribution in [0.4, 0.5) is 0 Å². The van der Waals surface area contributed by atoms with Crippen molar-refractivity contribution < 1.29 is 9.90 Å². The van der Waals surface area contributed by atoms with Gasteiger partial charge in [-0.3, -0.25) is 4.79 Å². The van der Waals surface area contributed by atoms with E-state index in [0.717, 1.165) is 12.8 Å². The van der Waals surface area contributed by atoms with Crippen molar-refractivity contribution in [3.63, 3.8) is 0 Å². The van der Waals surface area contributed by atoms with Crippen LogP contribution in [0.5, 0.6) is 0 Å². The molecule has 86 valence electrons. The van der Waals surface area contributed by atoms with Gasteiger partial charge in [0.25, 0.3) is 0 Å². The van der Waals surface area contributed by atoms with Gasteiger partial charge in [0.15, 0.2) is 0 Å². The zero-order valence-electron chi connectivity index (χ0n) is 9.02. The number of unbranched alkanes of at least 4 members (excludes halogenated alkanes) is 1. The molecule has 6 heteroatoms. The summed E-state index contributed by atoms with van der Waals surface area (Å²) in [5.41, 5.74) is 8.02. The molecular weight excluding hydrogens is 196 g/mol. The molecule has 6 nitrogen and oxygen atoms in total. The Kier molecular flexibility index (Phi) is 8.52. The van der Waals surface area contributed by atoms with Crippen molar-refractivity contribution in [3.8, 4) is 0 Å². The average Bonchev–Trinajstić information content (AvgIpc) is 2.21. The molecule has 0 spiro atoms. The van der Waals surface area contributed by atoms with E-state index in [1.807, 2.05) is 6.92 Å². The van der Waals surface area contributed by atoms with Gasteiger partial charge in [0.1, 0.15) is 6.04 Å². The first-order valence-corrected chi connectivity index (χ1v) is 5.19. The van der Waals surface area contributed by atoms with Crippen molar-refractivity contribution in [1.82, 2.24) is 5.32 Å². The first-order chi connectivity index (χ1) is 7.22. The van der Waals surface area contributed by atoms with Gasteiger partial charge < -0.3 is 10.4 Å². The number of aliphatic carboxylic acids is 1. The Hall–Kier alpha value is -1.26. The molecule has 0 saturated carbocycles. The third-order valence-corrected chi connectivity index (χ3v) is 2.03. The topological polar surface area (TPSA) is 98.1 Å². The van der Waals surface area contributed by atoms with Gasteiger partial charge in [-0.1, -0.05) is 24.9 Å². The van der Waals surface area contributed by atoms with Gasteiger partial charge in [-0.05, 0) is 24.9 Å². The summed E-state index contributed by atoms with van der Waals surface area (Å²) in [5.74, 6) is -0.813. The Morgan fingerprint density at radius 1 is 1.60 bits per heavy atom. The van der Waals surface area contributed by atoms with Crippen molar-refractivity contribution in [1.29, 1.82) is 0 Å². The standard InChI is InChI=1S/C9H18N4O2/c1-2-3-5-8(9(14)15)11-6-4-7-12-13-10/h8,11H,2-7H2,1H3,(H,14,15). The maximum Gasteiger partial charge on any atom is 0.320 e. The summed E-state index contributed by atoms with van der Waals surface area (Å²) >= 11 is 0. The first-order valence-electron chi connectivity index (χ1n) is 5.19. The first kappa shape index (κ1) is 13.7. The molecule has 0 aromatic heterocycles. The molecule has 1 unspecified atom stereocenters. The summed E-state index contributed by atoms with van der Waals surface area (Å²) in [6.07, 6.45) is 3.21. The van der Waals surface area contributed by atoms with Crippen LogP contribution in [0.3, 0.4) is 0 Å². The van der Waals surface area contributed by atoms with Crippen LogP contribution in [0.2, 0.25) is 0 Å². The second kappa shape index (κ2) is 9.30. The smallest absolute Gasteiger partial charge is 0.320 e. The highest BCUT2D eigenvalue weighted by atomic mass is 16.4. The van der Waals surface area contributed by atoms with Crippen LogP contribution in [0.25, 0.3) is 10.4 Å². The van der Waals surface area contributed by atoms with Crippen LogP contribution in [0.15, 0.2) is 5.11 Å². The molecule has 0 fully saturated rings. The molecule has 0 aromatic rings. The number of hydrogen-bond donors (Lipinski definition) is 2. The van der Waals surface area contributed by atoms with Crippen LogP contribution in [-0.4, -0.2) is 30.2 Å². The van der Waals surface area contributed by atoms with Gasteiger partial charge in [0, 0.05) is 11.5 Å². The van der Waals surface area contributed by atoms with E-state index in [0.29, 0.717) is 25.9 Å². The van der Waals surface area contributed by atoms with Gasteiger partial charge in [-0.2, -0.15) is 0 Å². The molecule has 0 radical (unpaired) electrons. The Balaban J connectivity index is 3.66. The lowest BCUT2D eigenvalue weighted by Crippen LogP contribution is -2.37. The van der Waals surface area contributed by atoms with Gasteiger partial charge >= 0.3 is 5.97 Å². The quantitative estimate of drug-likeness (QED) is 0.265. The van der Waals surface area contributed by atoms with Crippen LogP contribution >= 0.6 is 0 Å². The molecule has 0 saturated heterocycles. The molecular formula is C9H18N4O2. The third kappa shape index (κ3) is 7.78. The van der Waals surface area contributed by atoms with Crippen molar-refractivity contribution >= 4 is 5.97 Å². The van der Waals surface area contributed by atoms with Crippen molar-refractivity contribution in [2.75, 3.05) is 13.1 Å². The minimum Gasteiger partial charge on any atom is -0.480 e. The number of rotatable bonds is 9. The molecule has 0 aliphatic rings. The third-order valence-electron chi connectivity index (χ3n) is 2.03. The molecule has 0 bridgehead atoms. The van der Waals surface area contributed by atoms with E-state index in [9.17, 15) is 4.79 Å². The lowest BCUT2D eigenvalue weighted by Gasteiger charge is -2.13. The van der Waals surface area contributed by atoms with E-state index in [2.05, 4.69) is 15.3 Å². The summed E-state index contributed by atoms with van der Waals surface area (Å²) in [6.45, 7) is 3.00. The lowest BCUT2D eigenvalue weighted by atomic mass is 10.1. The Morgan fingerprint density at radius 3 is 2.87 bits per heavy atom. The average molecular weight is 214 g/mol. The monoisotopic (exact) mass is 214 g/mol. The number of carbonyl (C=O) groups is 1. The highest BCUT2D eigenvalue weighted by Crippen LogP contribution is 2.00. The number of azide groups is 1. The summed E-state index contributed by atoms with van der Waals surface area (Å²) in [4.78, 5) is 13.4. The van der Waals surface area contributed by atoms with Gasteiger partial charge in [-0.25, -0.2) is 0 Å². The fourth-order valence-corrected chi connectivity index (χ4v) is 1.19. The summed E-state index contributed by atoms with van der Waals surface area (Å²) in [5, 5.41) is 15.2. The molecule has 15 heavy (non-hydrogen) atoms. The number of carboxylic acids is 1. The highest BCUT2D eigenvalue weighted by molar-refractivity contribution is 5.73. The predicted molar refractivity (Wildman–Crippen MR) is 57.6 cm³/mol. The predicted octanol–water partition coefficient (Wildman–Crippen LogP) is 1.92. The normalized spacial score (nSPS) is 11.8. The minimum absolute atomic E-state index is 0.406. The summed E-state index contributed by atoms with van der Waals surface area (Å²) < 4.78 is 0. The van der Waals surface area contributed by atoms with E-state index in [1.165, 1.54) is 0 Å². The lowest BCUT2D eigenvalue weighted by molar-refractivity contribution is -0.139. The molecule has 0 aliphatic carbocycles. The Labute approximate surface area is 89.3 Å². The fraction of sp³-hybridized carbons (Fsp3) is 0.889. The fourth-order valence-electron chi connectivity index (χ4n) is 1.19. The maximum atomic E-state index is 10.8. The highest BCUT2D eigenvalue weighted by Gasteiger charge is 2.14. The van der Waals surface area contributed by atoms with E-state index in [-0.39, 0.29) is 0 Å². The summed E-state index contributed by atoms with van der Waals surface area (Å²) in [7, 11) is 0. The molecule has 0 aromatic carbocycles. The van der Waals surface area contributed by atoms with Crippen molar-refractivity contribution in [3.05, 3.63) is 10.4 Å². The Morgan fingerprint density at radius 2 is 2.33 bits per heavy atom. The van der Waals surface area contributed by atoms with Crippen LogP contribution < -0.4 is 5.32 Å². The summed E-state index contributed by atoms with van der Waals surface area (Å²) in [6, 6.07) is -0.476. The molecule has 0 heterocycles. The molecule has 0 rings (SSSR count). The number of nitrogens with zero attached hydrogens (tertiary/aromatic N) is 3. The second-order valence-corrected chi connectivity index (χ2v) is 3.30. The SMILES string of the molecule is CCCCC(NCCCN=[N+]=[N-])C(=O)O. The van der Waals surface area contributed by atoms with Gasteiger partial charge in [0.2, 0.25) is 0 Å². The van der Waals surface area contributed by atoms with E-state index in [4.69, 9.17) is 10.6 Å². The molecule has 0 aliphatic heterocycles. The van der Waals surface area contributed by atoms with Gasteiger partial charge in [-0.15, -0.1) is 0 Å². The van der Waals surface area contributed by atoms with Crippen LogP contribution in [0.1, 0.15) is 32.6 Å². The maximum absolute atomic E-state index is 10.8. The number of nitrogens with one attached hydrogen (secondary N) is 1. The number of carboxylic acid groups (broad SMARTS) is 1. The van der Waals surface area contributed by atoms with E-state index in [1.54, 1.807) is 0 Å². The van der Waals surface area contributed by atoms with E-state index < -0.39 is 12.0 Å². The minimum atomic E-state index is -0.813. The largest absolute Gasteiger partial charge is 0.480 e. The second-order valence-electron chi connectivity index (χ2n) is 3.30.